The highest BCUT2D eigenvalue weighted by atomic mass is 35.5. The summed E-state index contributed by atoms with van der Waals surface area (Å²) in [5.41, 5.74) is 8.63. The zero-order valence-electron chi connectivity index (χ0n) is 19.8. The summed E-state index contributed by atoms with van der Waals surface area (Å²) in [6.07, 6.45) is 16.5. The Morgan fingerprint density at radius 2 is 1.43 bits per heavy atom. The van der Waals surface area contributed by atoms with E-state index in [2.05, 4.69) is 71.9 Å². The first-order valence-electron chi connectivity index (χ1n) is 11.5. The lowest BCUT2D eigenvalue weighted by Crippen LogP contribution is -2.19. The monoisotopic (exact) mass is 426 g/mol. The van der Waals surface area contributed by atoms with Gasteiger partial charge in [-0.05, 0) is 92.6 Å². The third-order valence-electron chi connectivity index (χ3n) is 7.05. The van der Waals surface area contributed by atoms with Gasteiger partial charge in [0.2, 0.25) is 0 Å². The molecule has 0 saturated heterocycles. The number of aryl methyl sites for hydroxylation is 1. The first-order valence-corrected chi connectivity index (χ1v) is 12.1. The molecule has 1 heterocycles. The van der Waals surface area contributed by atoms with E-state index in [-0.39, 0.29) is 10.8 Å². The molecule has 0 unspecified atom stereocenters. The lowest BCUT2D eigenvalue weighted by Gasteiger charge is -2.32. The average molecular weight is 427 g/mol. The van der Waals surface area contributed by atoms with Crippen LogP contribution in [0, 0.1) is 10.8 Å². The molecule has 1 aromatic rings. The highest BCUT2D eigenvalue weighted by molar-refractivity contribution is 6.17. The number of hydrogen-bond acceptors (Lipinski definition) is 1. The molecule has 0 fully saturated rings. The minimum absolute atomic E-state index is 0.246. The van der Waals surface area contributed by atoms with Crippen molar-refractivity contribution in [3.8, 4) is 0 Å². The van der Waals surface area contributed by atoms with Gasteiger partial charge in [0.05, 0.1) is 17.9 Å². The van der Waals surface area contributed by atoms with Gasteiger partial charge in [0.25, 0.3) is 0 Å². The van der Waals surface area contributed by atoms with Gasteiger partial charge in [-0.25, -0.2) is 0 Å². The van der Waals surface area contributed by atoms with Crippen molar-refractivity contribution in [2.45, 2.75) is 86.6 Å². The van der Waals surface area contributed by atoms with Crippen molar-refractivity contribution in [3.05, 3.63) is 51.9 Å². The highest BCUT2D eigenvalue weighted by Crippen LogP contribution is 2.42. The van der Waals surface area contributed by atoms with E-state index in [4.69, 9.17) is 16.7 Å². The van der Waals surface area contributed by atoms with Crippen LogP contribution in [-0.2, 0) is 6.54 Å². The van der Waals surface area contributed by atoms with Gasteiger partial charge in [-0.3, -0.25) is 4.68 Å². The minimum atomic E-state index is 0.246. The summed E-state index contributed by atoms with van der Waals surface area (Å²) >= 11 is 6.07. The van der Waals surface area contributed by atoms with E-state index in [0.717, 1.165) is 17.9 Å². The van der Waals surface area contributed by atoms with Crippen molar-refractivity contribution >= 4 is 23.8 Å². The molecular formula is C27H39ClN2. The van der Waals surface area contributed by atoms with Crippen LogP contribution < -0.4 is 0 Å². The summed E-state index contributed by atoms with van der Waals surface area (Å²) in [5.74, 6) is 0.566. The molecule has 2 aliphatic rings. The first-order chi connectivity index (χ1) is 14.1. The van der Waals surface area contributed by atoms with Crippen LogP contribution in [0.5, 0.6) is 0 Å². The fraction of sp³-hybridized carbons (Fsp3) is 0.593. The largest absolute Gasteiger partial charge is 0.264 e. The Kier molecular flexibility index (Phi) is 7.17. The molecule has 1 aromatic heterocycles. The van der Waals surface area contributed by atoms with E-state index in [1.54, 1.807) is 0 Å². The van der Waals surface area contributed by atoms with Gasteiger partial charge in [0, 0.05) is 5.88 Å². The Labute approximate surface area is 188 Å². The first kappa shape index (κ1) is 23.1. The molecule has 3 heteroatoms. The molecule has 0 saturated carbocycles. The molecule has 3 rings (SSSR count). The van der Waals surface area contributed by atoms with Crippen LogP contribution in [0.4, 0.5) is 0 Å². The SMILES string of the molecule is CC1=C(C=Cc2cc(C=CC3=C(C)CCCC3(C)C)n(CCCl)n2)C(C)(C)CCC1. The van der Waals surface area contributed by atoms with E-state index in [0.29, 0.717) is 5.88 Å². The number of rotatable bonds is 6. The van der Waals surface area contributed by atoms with Gasteiger partial charge in [-0.15, -0.1) is 11.6 Å². The van der Waals surface area contributed by atoms with Gasteiger partial charge in [0.15, 0.2) is 0 Å². The predicted molar refractivity (Wildman–Crippen MR) is 132 cm³/mol. The molecule has 0 atom stereocenters. The zero-order valence-corrected chi connectivity index (χ0v) is 20.6. The van der Waals surface area contributed by atoms with Crippen LogP contribution in [0.1, 0.15) is 91.5 Å². The molecule has 0 amide bonds. The second-order valence-electron chi connectivity index (χ2n) is 10.4. The molecule has 2 nitrogen and oxygen atoms in total. The van der Waals surface area contributed by atoms with Gasteiger partial charge < -0.3 is 0 Å². The van der Waals surface area contributed by atoms with Crippen molar-refractivity contribution in [1.29, 1.82) is 0 Å². The van der Waals surface area contributed by atoms with Gasteiger partial charge in [-0.2, -0.15) is 5.10 Å². The smallest absolute Gasteiger partial charge is 0.0857 e. The molecule has 164 valence electrons. The lowest BCUT2D eigenvalue weighted by molar-refractivity contribution is 0.377. The Morgan fingerprint density at radius 3 is 1.93 bits per heavy atom. The molecule has 0 aromatic carbocycles. The zero-order chi connectivity index (χ0) is 21.9. The summed E-state index contributed by atoms with van der Waals surface area (Å²) in [5, 5.41) is 4.83. The van der Waals surface area contributed by atoms with E-state index >= 15 is 0 Å². The Bertz CT molecular complexity index is 890. The second kappa shape index (κ2) is 9.30. The van der Waals surface area contributed by atoms with Gasteiger partial charge >= 0.3 is 0 Å². The van der Waals surface area contributed by atoms with E-state index in [1.807, 2.05) is 4.68 Å². The number of hydrogen-bond donors (Lipinski definition) is 0. The van der Waals surface area contributed by atoms with Crippen LogP contribution in [0.15, 0.2) is 40.5 Å². The predicted octanol–water partition coefficient (Wildman–Crippen LogP) is 8.20. The maximum Gasteiger partial charge on any atom is 0.0857 e. The Hall–Kier alpha value is -1.54. The summed E-state index contributed by atoms with van der Waals surface area (Å²) in [6, 6.07) is 2.19. The molecule has 0 aliphatic heterocycles. The number of aromatic nitrogens is 2. The van der Waals surface area contributed by atoms with E-state index in [9.17, 15) is 0 Å². The molecule has 0 bridgehead atoms. The fourth-order valence-corrected chi connectivity index (χ4v) is 5.44. The fourth-order valence-electron chi connectivity index (χ4n) is 5.28. The molecule has 30 heavy (non-hydrogen) atoms. The quantitative estimate of drug-likeness (QED) is 0.419. The lowest BCUT2D eigenvalue weighted by atomic mass is 9.72. The Balaban J connectivity index is 1.89. The molecule has 2 aliphatic carbocycles. The van der Waals surface area contributed by atoms with Crippen LogP contribution in [0.3, 0.4) is 0 Å². The normalized spacial score (nSPS) is 22.0. The van der Waals surface area contributed by atoms with Crippen LogP contribution >= 0.6 is 11.6 Å². The summed E-state index contributed by atoms with van der Waals surface area (Å²) in [4.78, 5) is 0. The van der Waals surface area contributed by atoms with Crippen molar-refractivity contribution in [2.75, 3.05) is 5.88 Å². The van der Waals surface area contributed by atoms with Crippen molar-refractivity contribution in [2.24, 2.45) is 10.8 Å². The molecular weight excluding hydrogens is 388 g/mol. The van der Waals surface area contributed by atoms with Crippen molar-refractivity contribution < 1.29 is 0 Å². The summed E-state index contributed by atoms with van der Waals surface area (Å²) in [6.45, 7) is 14.7. The second-order valence-corrected chi connectivity index (χ2v) is 10.8. The van der Waals surface area contributed by atoms with Crippen molar-refractivity contribution in [1.82, 2.24) is 9.78 Å². The van der Waals surface area contributed by atoms with Gasteiger partial charge in [0.1, 0.15) is 0 Å². The highest BCUT2D eigenvalue weighted by Gasteiger charge is 2.27. The van der Waals surface area contributed by atoms with E-state index in [1.165, 1.54) is 60.8 Å². The van der Waals surface area contributed by atoms with Crippen LogP contribution in [0.2, 0.25) is 0 Å². The van der Waals surface area contributed by atoms with Crippen LogP contribution in [-0.4, -0.2) is 15.7 Å². The van der Waals surface area contributed by atoms with Crippen molar-refractivity contribution in [3.63, 3.8) is 0 Å². The maximum atomic E-state index is 6.07. The van der Waals surface area contributed by atoms with Crippen LogP contribution in [0.25, 0.3) is 12.2 Å². The number of nitrogens with zero attached hydrogens (tertiary/aromatic N) is 2. The molecule has 0 radical (unpaired) electrons. The average Bonchev–Trinajstić information content (AvgIpc) is 3.02. The third kappa shape index (κ3) is 5.19. The van der Waals surface area contributed by atoms with E-state index < -0.39 is 0 Å². The third-order valence-corrected chi connectivity index (χ3v) is 7.22. The molecule has 0 spiro atoms. The summed E-state index contributed by atoms with van der Waals surface area (Å²) < 4.78 is 2.04. The number of halogens is 1. The summed E-state index contributed by atoms with van der Waals surface area (Å²) in [7, 11) is 0. The minimum Gasteiger partial charge on any atom is -0.264 e. The standard InChI is InChI=1S/C27H39ClN2/c1-20-9-7-15-26(3,4)24(20)13-11-22-19-23(30(29-22)18-17-28)12-14-25-21(2)10-8-16-27(25,5)6/h11-14,19H,7-10,15-18H2,1-6H3. The molecule has 0 N–H and O–H groups in total. The number of alkyl halides is 1. The number of allylic oxidation sites excluding steroid dienone is 6. The topological polar surface area (TPSA) is 17.8 Å². The Morgan fingerprint density at radius 1 is 0.900 bits per heavy atom. The van der Waals surface area contributed by atoms with Gasteiger partial charge in [-0.1, -0.05) is 51.0 Å². The maximum absolute atomic E-state index is 6.07.